The maximum Gasteiger partial charge on any atom is 0.191 e. The molecule has 1 aliphatic heterocycles. The zero-order valence-electron chi connectivity index (χ0n) is 16.5. The molecule has 1 aliphatic carbocycles. The minimum Gasteiger partial charge on any atom is -0.354 e. The van der Waals surface area contributed by atoms with Crippen LogP contribution in [0.4, 0.5) is 0 Å². The van der Waals surface area contributed by atoms with E-state index in [-0.39, 0.29) is 24.0 Å². The second kappa shape index (κ2) is 10.5. The lowest BCUT2D eigenvalue weighted by Crippen LogP contribution is -2.49. The maximum atomic E-state index is 4.44. The zero-order chi connectivity index (χ0) is 17.6. The van der Waals surface area contributed by atoms with Gasteiger partial charge >= 0.3 is 0 Å². The summed E-state index contributed by atoms with van der Waals surface area (Å²) in [4.78, 5) is 7.01. The Labute approximate surface area is 176 Å². The van der Waals surface area contributed by atoms with Gasteiger partial charge in [-0.25, -0.2) is 0 Å². The Balaban J connectivity index is 0.00000243. The molecule has 1 aromatic rings. The third-order valence-corrected chi connectivity index (χ3v) is 5.71. The first-order valence-corrected chi connectivity index (χ1v) is 9.96. The first-order valence-electron chi connectivity index (χ1n) is 9.96. The van der Waals surface area contributed by atoms with E-state index in [0.717, 1.165) is 31.5 Å². The predicted octanol–water partition coefficient (Wildman–Crippen LogP) is 3.93. The van der Waals surface area contributed by atoms with Gasteiger partial charge in [0.15, 0.2) is 5.96 Å². The fraction of sp³-hybridized carbons (Fsp3) is 0.667. The quantitative estimate of drug-likeness (QED) is 0.376. The predicted molar refractivity (Wildman–Crippen MR) is 121 cm³/mol. The van der Waals surface area contributed by atoms with Gasteiger partial charge in [0.05, 0.1) is 0 Å². The molecule has 146 valence electrons. The van der Waals surface area contributed by atoms with E-state index in [4.69, 9.17) is 0 Å². The van der Waals surface area contributed by atoms with Gasteiger partial charge in [0.1, 0.15) is 0 Å². The van der Waals surface area contributed by atoms with Crippen molar-refractivity contribution in [1.29, 1.82) is 0 Å². The number of aliphatic imine (C=N–C) groups is 1. The van der Waals surface area contributed by atoms with Crippen LogP contribution in [-0.4, -0.2) is 43.1 Å². The molecule has 0 aromatic heterocycles. The molecule has 1 aromatic carbocycles. The minimum atomic E-state index is 0. The van der Waals surface area contributed by atoms with E-state index in [1.807, 2.05) is 7.05 Å². The number of guanidine groups is 1. The first-order chi connectivity index (χ1) is 12.2. The van der Waals surface area contributed by atoms with Crippen LogP contribution in [0.25, 0.3) is 0 Å². The molecule has 0 spiro atoms. The summed E-state index contributed by atoms with van der Waals surface area (Å²) in [6.07, 6.45) is 6.31. The number of hydrogen-bond donors (Lipinski definition) is 2. The molecule has 4 nitrogen and oxygen atoms in total. The van der Waals surface area contributed by atoms with Gasteiger partial charge in [0, 0.05) is 38.8 Å². The summed E-state index contributed by atoms with van der Waals surface area (Å²) in [6.45, 7) is 7.87. The fourth-order valence-electron chi connectivity index (χ4n) is 3.92. The molecule has 2 N–H and O–H groups in total. The summed E-state index contributed by atoms with van der Waals surface area (Å²) < 4.78 is 0. The van der Waals surface area contributed by atoms with Crippen LogP contribution >= 0.6 is 24.0 Å². The van der Waals surface area contributed by atoms with E-state index in [1.165, 1.54) is 43.2 Å². The van der Waals surface area contributed by atoms with Crippen LogP contribution in [0.3, 0.4) is 0 Å². The molecule has 3 rings (SSSR count). The van der Waals surface area contributed by atoms with Crippen molar-refractivity contribution in [3.05, 3.63) is 35.4 Å². The van der Waals surface area contributed by atoms with Crippen molar-refractivity contribution in [2.75, 3.05) is 20.1 Å². The van der Waals surface area contributed by atoms with Crippen molar-refractivity contribution in [1.82, 2.24) is 15.5 Å². The minimum absolute atomic E-state index is 0. The molecule has 2 aliphatic rings. The number of nitrogens with one attached hydrogen (secondary N) is 2. The highest BCUT2D eigenvalue weighted by molar-refractivity contribution is 14.0. The summed E-state index contributed by atoms with van der Waals surface area (Å²) in [6, 6.07) is 9.93. The Morgan fingerprint density at radius 1 is 1.19 bits per heavy atom. The molecular weight excluding hydrogens is 435 g/mol. The molecule has 26 heavy (non-hydrogen) atoms. The Bertz CT molecular complexity index is 581. The average molecular weight is 470 g/mol. The molecule has 0 radical (unpaired) electrons. The van der Waals surface area contributed by atoms with Gasteiger partial charge < -0.3 is 10.6 Å². The van der Waals surface area contributed by atoms with E-state index < -0.39 is 0 Å². The number of piperidine rings is 1. The summed E-state index contributed by atoms with van der Waals surface area (Å²) in [5.74, 6) is 1.86. The topological polar surface area (TPSA) is 39.7 Å². The van der Waals surface area contributed by atoms with Crippen LogP contribution in [0.1, 0.15) is 50.2 Å². The molecule has 1 heterocycles. The monoisotopic (exact) mass is 470 g/mol. The van der Waals surface area contributed by atoms with Gasteiger partial charge in [-0.15, -0.1) is 24.0 Å². The lowest BCUT2D eigenvalue weighted by molar-refractivity contribution is 0.198. The second-order valence-electron chi connectivity index (χ2n) is 7.73. The highest BCUT2D eigenvalue weighted by Gasteiger charge is 2.36. The highest BCUT2D eigenvalue weighted by atomic mass is 127. The Morgan fingerprint density at radius 2 is 1.92 bits per heavy atom. The van der Waals surface area contributed by atoms with Gasteiger partial charge in [0.25, 0.3) is 0 Å². The van der Waals surface area contributed by atoms with E-state index in [0.29, 0.717) is 12.1 Å². The largest absolute Gasteiger partial charge is 0.354 e. The Morgan fingerprint density at radius 3 is 2.58 bits per heavy atom. The van der Waals surface area contributed by atoms with Crippen molar-refractivity contribution >= 4 is 29.9 Å². The van der Waals surface area contributed by atoms with Gasteiger partial charge in [-0.05, 0) is 49.7 Å². The van der Waals surface area contributed by atoms with E-state index in [2.05, 4.69) is 58.6 Å². The average Bonchev–Trinajstić information content (AvgIpc) is 3.36. The van der Waals surface area contributed by atoms with Crippen LogP contribution in [-0.2, 0) is 6.54 Å². The lowest BCUT2D eigenvalue weighted by atomic mass is 10.0. The van der Waals surface area contributed by atoms with Gasteiger partial charge in [0.2, 0.25) is 0 Å². The Kier molecular flexibility index (Phi) is 8.67. The molecule has 0 bridgehead atoms. The normalized spacial score (nSPS) is 24.0. The van der Waals surface area contributed by atoms with Gasteiger partial charge in [-0.3, -0.25) is 9.89 Å². The van der Waals surface area contributed by atoms with Crippen LogP contribution in [0, 0.1) is 12.8 Å². The van der Waals surface area contributed by atoms with Crippen LogP contribution in [0.5, 0.6) is 0 Å². The van der Waals surface area contributed by atoms with Crippen LogP contribution < -0.4 is 10.6 Å². The number of halogens is 1. The SMILES string of the molecule is CCCC1CC1NC(=NC)NC1CCN(Cc2ccccc2C)CC1.I. The molecule has 1 saturated heterocycles. The first kappa shape index (κ1) is 21.5. The molecule has 5 heteroatoms. The molecule has 1 saturated carbocycles. The standard InChI is InChI=1S/C21H34N4.HI/c1-4-7-17-14-20(17)24-21(22-3)23-19-10-12-25(13-11-19)15-18-9-6-5-8-16(18)2;/h5-6,8-9,17,19-20H,4,7,10-15H2,1-3H3,(H2,22,23,24);1H. The summed E-state index contributed by atoms with van der Waals surface area (Å²) >= 11 is 0. The molecular formula is C21H35IN4. The van der Waals surface area contributed by atoms with Gasteiger partial charge in [-0.2, -0.15) is 0 Å². The highest BCUT2D eigenvalue weighted by Crippen LogP contribution is 2.34. The summed E-state index contributed by atoms with van der Waals surface area (Å²) in [7, 11) is 1.89. The summed E-state index contributed by atoms with van der Waals surface area (Å²) in [5, 5.41) is 7.25. The zero-order valence-corrected chi connectivity index (χ0v) is 18.8. The molecule has 0 amide bonds. The van der Waals surface area contributed by atoms with Crippen molar-refractivity contribution in [2.24, 2.45) is 10.9 Å². The Hall–Kier alpha value is -0.820. The third kappa shape index (κ3) is 6.12. The van der Waals surface area contributed by atoms with Gasteiger partial charge in [-0.1, -0.05) is 37.6 Å². The van der Waals surface area contributed by atoms with Crippen LogP contribution in [0.2, 0.25) is 0 Å². The number of hydrogen-bond acceptors (Lipinski definition) is 2. The number of benzene rings is 1. The van der Waals surface area contributed by atoms with Crippen molar-refractivity contribution in [3.63, 3.8) is 0 Å². The van der Waals surface area contributed by atoms with Crippen molar-refractivity contribution in [2.45, 2.75) is 64.6 Å². The van der Waals surface area contributed by atoms with E-state index in [1.54, 1.807) is 0 Å². The third-order valence-electron chi connectivity index (χ3n) is 5.71. The maximum absolute atomic E-state index is 4.44. The fourth-order valence-corrected chi connectivity index (χ4v) is 3.92. The van der Waals surface area contributed by atoms with Crippen molar-refractivity contribution in [3.8, 4) is 0 Å². The smallest absolute Gasteiger partial charge is 0.191 e. The second-order valence-corrected chi connectivity index (χ2v) is 7.73. The van der Waals surface area contributed by atoms with E-state index in [9.17, 15) is 0 Å². The molecule has 2 unspecified atom stereocenters. The molecule has 2 atom stereocenters. The lowest BCUT2D eigenvalue weighted by Gasteiger charge is -2.33. The van der Waals surface area contributed by atoms with Crippen LogP contribution in [0.15, 0.2) is 29.3 Å². The number of nitrogens with zero attached hydrogens (tertiary/aromatic N) is 2. The van der Waals surface area contributed by atoms with E-state index >= 15 is 0 Å². The molecule has 2 fully saturated rings. The number of rotatable bonds is 6. The van der Waals surface area contributed by atoms with Crippen molar-refractivity contribution < 1.29 is 0 Å². The number of aryl methyl sites for hydroxylation is 1. The summed E-state index contributed by atoms with van der Waals surface area (Å²) in [5.41, 5.74) is 2.86. The number of likely N-dealkylation sites (tertiary alicyclic amines) is 1.